The van der Waals surface area contributed by atoms with Crippen LogP contribution in [0.1, 0.15) is 11.1 Å². The first-order valence-corrected chi connectivity index (χ1v) is 8.93. The van der Waals surface area contributed by atoms with Gasteiger partial charge in [0.1, 0.15) is 6.54 Å². The van der Waals surface area contributed by atoms with Gasteiger partial charge in [-0.3, -0.25) is 9.59 Å². The topological polar surface area (TPSA) is 93.2 Å². The summed E-state index contributed by atoms with van der Waals surface area (Å²) in [4.78, 5) is 22.6. The number of nitrogens with one attached hydrogen (secondary N) is 2. The van der Waals surface area contributed by atoms with Gasteiger partial charge in [0.2, 0.25) is 11.0 Å². The summed E-state index contributed by atoms with van der Waals surface area (Å²) < 4.78 is 5.13. The zero-order chi connectivity index (χ0) is 17.5. The summed E-state index contributed by atoms with van der Waals surface area (Å²) in [5, 5.41) is 14.6. The molecule has 1 aromatic carbocycles. The average Bonchev–Trinajstić information content (AvgIpc) is 3.02. The van der Waals surface area contributed by atoms with E-state index >= 15 is 0 Å². The number of carbonyl (C=O) groups is 2. The van der Waals surface area contributed by atoms with E-state index in [9.17, 15) is 9.59 Å². The summed E-state index contributed by atoms with van der Waals surface area (Å²) in [5.41, 5.74) is 3.27. The molecule has 0 saturated heterocycles. The number of aryl methyl sites for hydroxylation is 2. The molecule has 128 valence electrons. The van der Waals surface area contributed by atoms with Gasteiger partial charge in [-0.15, -0.1) is 10.2 Å². The van der Waals surface area contributed by atoms with Crippen molar-refractivity contribution in [2.75, 3.05) is 24.7 Å². The number of rotatable bonds is 7. The number of ether oxygens (including phenoxy) is 1. The quantitative estimate of drug-likeness (QED) is 0.573. The molecule has 2 rings (SSSR count). The van der Waals surface area contributed by atoms with E-state index in [-0.39, 0.29) is 18.2 Å². The molecule has 1 aromatic heterocycles. The number of amides is 1. The molecule has 9 heteroatoms. The maximum atomic E-state index is 11.6. The summed E-state index contributed by atoms with van der Waals surface area (Å²) in [6, 6.07) is 6.06. The number of esters is 1. The summed E-state index contributed by atoms with van der Waals surface area (Å²) in [5.74, 6) is -0.580. The second-order valence-electron chi connectivity index (χ2n) is 4.91. The highest BCUT2D eigenvalue weighted by atomic mass is 32.2. The Hall–Kier alpha value is -2.13. The molecule has 0 saturated carbocycles. The fourth-order valence-corrected chi connectivity index (χ4v) is 3.44. The lowest BCUT2D eigenvalue weighted by Crippen LogP contribution is -2.31. The van der Waals surface area contributed by atoms with Gasteiger partial charge in [-0.1, -0.05) is 41.3 Å². The van der Waals surface area contributed by atoms with E-state index in [2.05, 4.69) is 25.6 Å². The van der Waals surface area contributed by atoms with Crippen molar-refractivity contribution in [1.82, 2.24) is 15.5 Å². The van der Waals surface area contributed by atoms with Crippen LogP contribution in [-0.2, 0) is 14.3 Å². The first-order valence-electron chi connectivity index (χ1n) is 7.12. The lowest BCUT2D eigenvalue weighted by Gasteiger charge is -2.09. The minimum atomic E-state index is -0.482. The molecule has 2 aromatic rings. The maximum absolute atomic E-state index is 11.6. The van der Waals surface area contributed by atoms with Gasteiger partial charge in [0.05, 0.1) is 12.9 Å². The van der Waals surface area contributed by atoms with Crippen molar-refractivity contribution in [1.29, 1.82) is 0 Å². The van der Waals surface area contributed by atoms with Crippen LogP contribution in [0.5, 0.6) is 0 Å². The molecule has 0 aliphatic carbocycles. The third kappa shape index (κ3) is 5.20. The molecule has 0 unspecified atom stereocenters. The van der Waals surface area contributed by atoms with E-state index in [1.165, 1.54) is 30.2 Å². The van der Waals surface area contributed by atoms with Crippen LogP contribution in [0.25, 0.3) is 0 Å². The van der Waals surface area contributed by atoms with Crippen LogP contribution in [0.2, 0.25) is 0 Å². The Balaban J connectivity index is 1.87. The number of hydrogen-bond donors (Lipinski definition) is 2. The van der Waals surface area contributed by atoms with E-state index in [1.54, 1.807) is 0 Å². The molecule has 1 heterocycles. The van der Waals surface area contributed by atoms with Crippen molar-refractivity contribution in [2.45, 2.75) is 18.2 Å². The molecule has 0 fully saturated rings. The smallest absolute Gasteiger partial charge is 0.325 e. The van der Waals surface area contributed by atoms with E-state index in [4.69, 9.17) is 0 Å². The SMILES string of the molecule is COC(=O)CNC(=O)CSc1nnc(Nc2c(C)cccc2C)s1. The predicted octanol–water partition coefficient (Wildman–Crippen LogP) is 2.28. The van der Waals surface area contributed by atoms with Gasteiger partial charge >= 0.3 is 5.97 Å². The Morgan fingerprint density at radius 2 is 1.96 bits per heavy atom. The van der Waals surface area contributed by atoms with Crippen LogP contribution in [0, 0.1) is 13.8 Å². The number of carbonyl (C=O) groups excluding carboxylic acids is 2. The number of methoxy groups -OCH3 is 1. The second kappa shape index (κ2) is 8.65. The van der Waals surface area contributed by atoms with Crippen LogP contribution in [0.15, 0.2) is 22.5 Å². The van der Waals surface area contributed by atoms with Crippen LogP contribution < -0.4 is 10.6 Å². The third-order valence-electron chi connectivity index (χ3n) is 3.10. The van der Waals surface area contributed by atoms with Gasteiger partial charge in [-0.05, 0) is 25.0 Å². The van der Waals surface area contributed by atoms with Gasteiger partial charge in [0, 0.05) is 5.69 Å². The van der Waals surface area contributed by atoms with Crippen LogP contribution in [-0.4, -0.2) is 41.5 Å². The second-order valence-corrected chi connectivity index (χ2v) is 7.11. The summed E-state index contributed by atoms with van der Waals surface area (Å²) in [6.07, 6.45) is 0. The summed E-state index contributed by atoms with van der Waals surface area (Å²) in [6.45, 7) is 3.92. The highest BCUT2D eigenvalue weighted by molar-refractivity contribution is 8.01. The largest absolute Gasteiger partial charge is 0.468 e. The van der Waals surface area contributed by atoms with Crippen molar-refractivity contribution >= 4 is 45.8 Å². The van der Waals surface area contributed by atoms with Crippen molar-refractivity contribution in [3.05, 3.63) is 29.3 Å². The molecule has 7 nitrogen and oxygen atoms in total. The van der Waals surface area contributed by atoms with Gasteiger partial charge in [0.25, 0.3) is 0 Å². The molecule has 1 amide bonds. The van der Waals surface area contributed by atoms with Crippen molar-refractivity contribution in [3.8, 4) is 0 Å². The number of benzene rings is 1. The molecule has 2 N–H and O–H groups in total. The van der Waals surface area contributed by atoms with E-state index in [0.717, 1.165) is 16.8 Å². The zero-order valence-corrected chi connectivity index (χ0v) is 15.2. The average molecular weight is 366 g/mol. The molecule has 0 spiro atoms. The monoisotopic (exact) mass is 366 g/mol. The first-order chi connectivity index (χ1) is 11.5. The number of para-hydroxylation sites is 1. The summed E-state index contributed by atoms with van der Waals surface area (Å²) >= 11 is 2.64. The number of anilines is 2. The molecule has 0 aliphatic heterocycles. The Morgan fingerprint density at radius 3 is 2.62 bits per heavy atom. The fourth-order valence-electron chi connectivity index (χ4n) is 1.86. The van der Waals surface area contributed by atoms with Crippen molar-refractivity contribution in [2.24, 2.45) is 0 Å². The Bertz CT molecular complexity index is 713. The Morgan fingerprint density at radius 1 is 1.25 bits per heavy atom. The molecule has 0 bridgehead atoms. The maximum Gasteiger partial charge on any atom is 0.325 e. The highest BCUT2D eigenvalue weighted by Gasteiger charge is 2.11. The van der Waals surface area contributed by atoms with Crippen LogP contribution >= 0.6 is 23.1 Å². The van der Waals surface area contributed by atoms with Gasteiger partial charge < -0.3 is 15.4 Å². The number of hydrogen-bond acceptors (Lipinski definition) is 8. The molecular formula is C15H18N4O3S2. The third-order valence-corrected chi connectivity index (χ3v) is 5.08. The number of aromatic nitrogens is 2. The molecule has 24 heavy (non-hydrogen) atoms. The predicted molar refractivity (Wildman–Crippen MR) is 94.9 cm³/mol. The molecule has 0 aliphatic rings. The lowest BCUT2D eigenvalue weighted by atomic mass is 10.1. The van der Waals surface area contributed by atoms with E-state index < -0.39 is 5.97 Å². The van der Waals surface area contributed by atoms with Crippen LogP contribution in [0.3, 0.4) is 0 Å². The van der Waals surface area contributed by atoms with E-state index in [1.807, 2.05) is 32.0 Å². The normalized spacial score (nSPS) is 10.3. The standard InChI is InChI=1S/C15H18N4O3S2/c1-9-5-4-6-10(2)13(9)17-14-18-19-15(24-14)23-8-11(20)16-7-12(21)22-3/h4-6H,7-8H2,1-3H3,(H,16,20)(H,17,18). The fraction of sp³-hybridized carbons (Fsp3) is 0.333. The first kappa shape index (κ1) is 18.2. The summed E-state index contributed by atoms with van der Waals surface area (Å²) in [7, 11) is 1.27. The van der Waals surface area contributed by atoms with Gasteiger partial charge in [-0.25, -0.2) is 0 Å². The Labute approximate surface area is 148 Å². The van der Waals surface area contributed by atoms with Crippen molar-refractivity contribution in [3.63, 3.8) is 0 Å². The van der Waals surface area contributed by atoms with Gasteiger partial charge in [-0.2, -0.15) is 0 Å². The molecular weight excluding hydrogens is 348 g/mol. The number of nitrogens with zero attached hydrogens (tertiary/aromatic N) is 2. The lowest BCUT2D eigenvalue weighted by molar-refractivity contribution is -0.140. The van der Waals surface area contributed by atoms with Gasteiger partial charge in [0.15, 0.2) is 4.34 Å². The van der Waals surface area contributed by atoms with E-state index in [0.29, 0.717) is 9.47 Å². The Kier molecular flexibility index (Phi) is 6.56. The number of thioether (sulfide) groups is 1. The minimum Gasteiger partial charge on any atom is -0.468 e. The minimum absolute atomic E-state index is 0.134. The van der Waals surface area contributed by atoms with Crippen molar-refractivity contribution < 1.29 is 14.3 Å². The highest BCUT2D eigenvalue weighted by Crippen LogP contribution is 2.30. The molecule has 0 radical (unpaired) electrons. The zero-order valence-electron chi connectivity index (χ0n) is 13.6. The molecule has 0 atom stereocenters. The van der Waals surface area contributed by atoms with Crippen LogP contribution in [0.4, 0.5) is 10.8 Å².